The van der Waals surface area contributed by atoms with Crippen molar-refractivity contribution in [3.8, 4) is 0 Å². The lowest BCUT2D eigenvalue weighted by molar-refractivity contribution is -0.385. The summed E-state index contributed by atoms with van der Waals surface area (Å²) in [6, 6.07) is 11.3. The standard InChI is InChI=1S/C23H12Cl7N3O5/c24-11-7-5-10(6-8-11)9-31(18(34)12-3-1-2-4-13(12)33(37)38)32-19(35)14-15(20(32)36)22(28)17(26)16(25)21(14,27)23(22,29)30/h1-8,14-15H,9H2/t14-,15+,21-,22-/m1/s1. The lowest BCUT2D eigenvalue weighted by atomic mass is 9.84. The van der Waals surface area contributed by atoms with Gasteiger partial charge in [0.2, 0.25) is 0 Å². The fourth-order valence-electron chi connectivity index (χ4n) is 5.17. The van der Waals surface area contributed by atoms with Gasteiger partial charge in [-0.15, -0.1) is 23.2 Å². The van der Waals surface area contributed by atoms with Crippen LogP contribution in [-0.4, -0.2) is 46.7 Å². The minimum Gasteiger partial charge on any atom is -0.272 e. The molecule has 38 heavy (non-hydrogen) atoms. The maximum Gasteiger partial charge on any atom is 0.282 e. The molecule has 0 radical (unpaired) electrons. The van der Waals surface area contributed by atoms with Gasteiger partial charge in [0.25, 0.3) is 23.4 Å². The Bertz CT molecular complexity index is 1420. The summed E-state index contributed by atoms with van der Waals surface area (Å²) in [4.78, 5) is 48.3. The Morgan fingerprint density at radius 3 is 1.89 bits per heavy atom. The van der Waals surface area contributed by atoms with E-state index in [1.807, 2.05) is 0 Å². The molecule has 1 aliphatic heterocycles. The Morgan fingerprint density at radius 1 is 0.895 bits per heavy atom. The van der Waals surface area contributed by atoms with Crippen LogP contribution in [0.5, 0.6) is 0 Å². The number of imide groups is 1. The fourth-order valence-corrected chi connectivity index (χ4v) is 8.22. The van der Waals surface area contributed by atoms with Crippen LogP contribution in [0.25, 0.3) is 0 Å². The molecule has 3 aliphatic rings. The molecule has 1 heterocycles. The van der Waals surface area contributed by atoms with E-state index in [-0.39, 0.29) is 22.2 Å². The summed E-state index contributed by atoms with van der Waals surface area (Å²) < 4.78 is -2.16. The SMILES string of the molecule is O=C(c1ccccc1[N+](=O)[O-])N(Cc1ccc(Cl)cc1)N1C(=O)[C@@H]2[C@H](C1=O)[C@@]1(Cl)C(Cl)=C(Cl)[C@@]2(Cl)C1(Cl)Cl. The van der Waals surface area contributed by atoms with Gasteiger partial charge in [0.15, 0.2) is 4.33 Å². The number of rotatable bonds is 5. The quantitative estimate of drug-likeness (QED) is 0.164. The van der Waals surface area contributed by atoms with Gasteiger partial charge in [-0.3, -0.25) is 24.5 Å². The summed E-state index contributed by atoms with van der Waals surface area (Å²) in [7, 11) is 0. The molecule has 1 saturated carbocycles. The van der Waals surface area contributed by atoms with Gasteiger partial charge in [-0.25, -0.2) is 5.01 Å². The first kappa shape index (κ1) is 27.8. The molecule has 0 spiro atoms. The van der Waals surface area contributed by atoms with Crippen molar-refractivity contribution >= 4 is 105 Å². The van der Waals surface area contributed by atoms with Gasteiger partial charge in [0, 0.05) is 11.1 Å². The highest BCUT2D eigenvalue weighted by Gasteiger charge is 2.88. The zero-order valence-corrected chi connectivity index (χ0v) is 23.8. The van der Waals surface area contributed by atoms with Gasteiger partial charge in [-0.05, 0) is 23.8 Å². The Morgan fingerprint density at radius 2 is 1.39 bits per heavy atom. The van der Waals surface area contributed by atoms with Crippen molar-refractivity contribution in [1.82, 2.24) is 10.0 Å². The maximum absolute atomic E-state index is 13.9. The van der Waals surface area contributed by atoms with E-state index in [9.17, 15) is 24.5 Å². The topological polar surface area (TPSA) is 101 Å². The van der Waals surface area contributed by atoms with Crippen molar-refractivity contribution in [2.24, 2.45) is 11.8 Å². The second-order valence-electron chi connectivity index (χ2n) is 8.83. The first-order valence-electron chi connectivity index (χ1n) is 10.7. The highest BCUT2D eigenvalue weighted by molar-refractivity contribution is 6.66. The second kappa shape index (κ2) is 9.13. The van der Waals surface area contributed by atoms with Crippen LogP contribution in [0.1, 0.15) is 15.9 Å². The van der Waals surface area contributed by atoms with Crippen LogP contribution in [0.2, 0.25) is 5.02 Å². The fraction of sp³-hybridized carbons (Fsp3) is 0.261. The number of para-hydroxylation sites is 1. The molecule has 1 saturated heterocycles. The molecule has 0 N–H and O–H groups in total. The predicted molar refractivity (Wildman–Crippen MR) is 144 cm³/mol. The minimum absolute atomic E-state index is 0.292. The third-order valence-corrected chi connectivity index (χ3v) is 11.4. The molecule has 198 valence electrons. The van der Waals surface area contributed by atoms with Crippen molar-refractivity contribution in [2.45, 2.75) is 20.6 Å². The normalized spacial score (nSPS) is 29.2. The van der Waals surface area contributed by atoms with E-state index >= 15 is 0 Å². The van der Waals surface area contributed by atoms with Gasteiger partial charge >= 0.3 is 0 Å². The van der Waals surface area contributed by atoms with Crippen LogP contribution in [0.3, 0.4) is 0 Å². The van der Waals surface area contributed by atoms with Crippen molar-refractivity contribution in [3.05, 3.63) is 84.9 Å². The second-order valence-corrected chi connectivity index (χ2v) is 12.5. The van der Waals surface area contributed by atoms with Crippen LogP contribution >= 0.6 is 81.2 Å². The zero-order chi connectivity index (χ0) is 27.9. The van der Waals surface area contributed by atoms with E-state index in [2.05, 4.69) is 0 Å². The molecule has 0 aromatic heterocycles. The summed E-state index contributed by atoms with van der Waals surface area (Å²) in [6.45, 7) is -0.356. The maximum atomic E-state index is 13.9. The van der Waals surface area contributed by atoms with E-state index in [0.717, 1.165) is 11.1 Å². The van der Waals surface area contributed by atoms with Crippen LogP contribution < -0.4 is 0 Å². The van der Waals surface area contributed by atoms with Crippen molar-refractivity contribution in [2.75, 3.05) is 0 Å². The molecular formula is C23H12Cl7N3O5. The van der Waals surface area contributed by atoms with Crippen molar-refractivity contribution in [1.29, 1.82) is 0 Å². The number of nitro benzene ring substituents is 1. The van der Waals surface area contributed by atoms with Gasteiger partial charge < -0.3 is 0 Å². The predicted octanol–water partition coefficient (Wildman–Crippen LogP) is 6.25. The Kier molecular flexibility index (Phi) is 6.67. The van der Waals surface area contributed by atoms with Crippen LogP contribution in [0.15, 0.2) is 58.6 Å². The molecular weight excluding hydrogens is 646 g/mol. The molecule has 2 aromatic rings. The Balaban J connectivity index is 1.64. The highest BCUT2D eigenvalue weighted by atomic mass is 35.5. The minimum atomic E-state index is -2.16. The summed E-state index contributed by atoms with van der Waals surface area (Å²) >= 11 is 45.2. The van der Waals surface area contributed by atoms with Crippen molar-refractivity contribution < 1.29 is 19.3 Å². The molecule has 4 atom stereocenters. The molecule has 3 amide bonds. The lowest BCUT2D eigenvalue weighted by Crippen LogP contribution is -2.55. The summed E-state index contributed by atoms with van der Waals surface area (Å²) in [5, 5.41) is 12.8. The van der Waals surface area contributed by atoms with Crippen LogP contribution in [-0.2, 0) is 16.1 Å². The lowest BCUT2D eigenvalue weighted by Gasteiger charge is -2.37. The van der Waals surface area contributed by atoms with E-state index in [1.54, 1.807) is 12.1 Å². The van der Waals surface area contributed by atoms with Gasteiger partial charge in [-0.1, -0.05) is 82.3 Å². The molecule has 2 aliphatic carbocycles. The van der Waals surface area contributed by atoms with Crippen LogP contribution in [0.4, 0.5) is 5.69 Å². The number of hydrogen-bond donors (Lipinski definition) is 0. The number of allylic oxidation sites excluding steroid dienone is 2. The largest absolute Gasteiger partial charge is 0.282 e. The molecule has 5 rings (SSSR count). The number of hydrogen-bond acceptors (Lipinski definition) is 5. The zero-order valence-electron chi connectivity index (χ0n) is 18.5. The number of nitro groups is 1. The molecule has 2 aromatic carbocycles. The number of benzene rings is 2. The summed E-state index contributed by atoms with van der Waals surface area (Å²) in [6.07, 6.45) is 0. The monoisotopic (exact) mass is 655 g/mol. The number of nitrogens with zero attached hydrogens (tertiary/aromatic N) is 3. The van der Waals surface area contributed by atoms with Gasteiger partial charge in [0.05, 0.1) is 33.4 Å². The first-order chi connectivity index (χ1) is 17.7. The molecule has 8 nitrogen and oxygen atoms in total. The third kappa shape index (κ3) is 3.41. The van der Waals surface area contributed by atoms with Gasteiger partial charge in [-0.2, -0.15) is 5.01 Å². The smallest absolute Gasteiger partial charge is 0.272 e. The van der Waals surface area contributed by atoms with Crippen LogP contribution in [0, 0.1) is 22.0 Å². The number of hydrazine groups is 1. The van der Waals surface area contributed by atoms with E-state index in [1.165, 1.54) is 30.3 Å². The Labute approximate surface area is 250 Å². The molecule has 15 heteroatoms. The number of fused-ring (bicyclic) bond motifs is 5. The summed E-state index contributed by atoms with van der Waals surface area (Å²) in [5.74, 6) is -5.96. The number of amides is 3. The van der Waals surface area contributed by atoms with E-state index < -0.39 is 54.2 Å². The highest BCUT2D eigenvalue weighted by Crippen LogP contribution is 2.77. The Hall–Kier alpha value is -1.78. The number of carbonyl (C=O) groups is 3. The number of halogens is 7. The molecule has 2 bridgehead atoms. The number of carbonyl (C=O) groups excluding carboxylic acids is 3. The number of alkyl halides is 4. The molecule has 2 fully saturated rings. The third-order valence-electron chi connectivity index (χ3n) is 6.94. The van der Waals surface area contributed by atoms with Crippen molar-refractivity contribution in [3.63, 3.8) is 0 Å². The first-order valence-corrected chi connectivity index (χ1v) is 13.3. The molecule has 0 unspecified atom stereocenters. The van der Waals surface area contributed by atoms with E-state index in [4.69, 9.17) is 81.2 Å². The average molecular weight is 659 g/mol. The van der Waals surface area contributed by atoms with Gasteiger partial charge in [0.1, 0.15) is 15.3 Å². The van der Waals surface area contributed by atoms with E-state index in [0.29, 0.717) is 15.6 Å². The average Bonchev–Trinajstić information content (AvgIpc) is 3.26. The summed E-state index contributed by atoms with van der Waals surface area (Å²) in [5.41, 5.74) is -0.457.